The fourth-order valence-electron chi connectivity index (χ4n) is 5.02. The van der Waals surface area contributed by atoms with E-state index in [1.54, 1.807) is 0 Å². The molecule has 0 spiro atoms. The van der Waals surface area contributed by atoms with E-state index in [4.69, 9.17) is 0 Å². The topological polar surface area (TPSA) is 114 Å². The molecule has 1 unspecified atom stereocenters. The molecule has 246 valence electrons. The van der Waals surface area contributed by atoms with Crippen LogP contribution < -0.4 is 20.3 Å². The minimum absolute atomic E-state index is 0.130. The lowest BCUT2D eigenvalue weighted by Gasteiger charge is -2.27. The summed E-state index contributed by atoms with van der Waals surface area (Å²) in [7, 11) is 0. The van der Waals surface area contributed by atoms with Crippen molar-refractivity contribution in [1.82, 2.24) is 25.4 Å². The second-order valence-electron chi connectivity index (χ2n) is 11.7. The zero-order valence-corrected chi connectivity index (χ0v) is 27.0. The number of carbonyl (C=O) groups is 2. The number of aliphatic imine (C=N–C) groups is 1. The van der Waals surface area contributed by atoms with Crippen molar-refractivity contribution in [1.29, 1.82) is 0 Å². The molecule has 2 heterocycles. The first kappa shape index (κ1) is 33.7. The summed E-state index contributed by atoms with van der Waals surface area (Å²) < 4.78 is 42.7. The number of ether oxygens (including phenoxy) is 1. The van der Waals surface area contributed by atoms with Crippen LogP contribution in [0.25, 0.3) is 17.1 Å². The molecule has 3 amide bonds. The lowest BCUT2D eigenvalue weighted by molar-refractivity contribution is -0.274. The van der Waals surface area contributed by atoms with Gasteiger partial charge in [-0.3, -0.25) is 15.0 Å². The Hall–Kier alpha value is -4.69. The molecule has 1 atom stereocenters. The summed E-state index contributed by atoms with van der Waals surface area (Å²) in [5.74, 6) is 0.173. The number of para-hydroxylation sites is 1. The van der Waals surface area contributed by atoms with Crippen molar-refractivity contribution in [2.24, 2.45) is 4.99 Å². The fourth-order valence-corrected chi connectivity index (χ4v) is 5.88. The van der Waals surface area contributed by atoms with Crippen molar-refractivity contribution >= 4 is 34.6 Å². The van der Waals surface area contributed by atoms with Crippen LogP contribution in [0.2, 0.25) is 0 Å². The second-order valence-corrected chi connectivity index (χ2v) is 12.6. The summed E-state index contributed by atoms with van der Waals surface area (Å²) in [6, 6.07) is 19.9. The Bertz CT molecular complexity index is 1750. The number of likely N-dealkylation sites (N-methyl/N-ethyl adjacent to an activating group) is 1. The van der Waals surface area contributed by atoms with E-state index in [2.05, 4.69) is 51.2 Å². The van der Waals surface area contributed by atoms with Crippen LogP contribution in [0.15, 0.2) is 84.1 Å². The molecule has 1 saturated heterocycles. The van der Waals surface area contributed by atoms with Gasteiger partial charge in [-0.05, 0) is 53.4 Å². The van der Waals surface area contributed by atoms with Gasteiger partial charge in [-0.25, -0.2) is 14.5 Å². The number of halogens is 3. The van der Waals surface area contributed by atoms with Crippen LogP contribution in [0.5, 0.6) is 5.75 Å². The van der Waals surface area contributed by atoms with Gasteiger partial charge < -0.3 is 10.1 Å². The van der Waals surface area contributed by atoms with Crippen molar-refractivity contribution in [2.75, 3.05) is 17.2 Å². The van der Waals surface area contributed by atoms with Crippen LogP contribution in [0.4, 0.5) is 23.7 Å². The molecule has 1 aliphatic heterocycles. The maximum atomic E-state index is 13.1. The lowest BCUT2D eigenvalue weighted by atomic mass is 9.85. The molecular weight excluding hydrogens is 631 g/mol. The molecule has 1 aliphatic rings. The number of alkyl halides is 3. The first-order valence-electron chi connectivity index (χ1n) is 14.9. The van der Waals surface area contributed by atoms with Gasteiger partial charge >= 0.3 is 12.4 Å². The molecule has 2 N–H and O–H groups in total. The van der Waals surface area contributed by atoms with Gasteiger partial charge in [-0.15, -0.1) is 18.3 Å². The molecule has 0 saturated carbocycles. The standard InChI is InChI=1S/C33H34F3N7O3S/c1-5-37-27(39-30(45)40-31-43(28(44)19-47-31)26-9-7-6-8-25(26)32(2,3)4)18-21-10-12-22(13-11-21)29-38-20-42(41-29)23-14-16-24(17-15-23)46-33(34,35)36/h6-17,20,27,37H,5,18-19H2,1-4H3,(H,39,45). The molecular formula is C33H34F3N7O3S. The average molecular weight is 666 g/mol. The lowest BCUT2D eigenvalue weighted by Crippen LogP contribution is -2.46. The molecule has 0 bridgehead atoms. The Morgan fingerprint density at radius 3 is 2.40 bits per heavy atom. The third kappa shape index (κ3) is 8.57. The van der Waals surface area contributed by atoms with Crippen LogP contribution in [0.1, 0.15) is 38.8 Å². The van der Waals surface area contributed by atoms with Crippen LogP contribution >= 0.6 is 11.8 Å². The summed E-state index contributed by atoms with van der Waals surface area (Å²) in [5, 5.41) is 11.0. The smallest absolute Gasteiger partial charge is 0.406 e. The normalized spacial score (nSPS) is 15.3. The SMILES string of the molecule is CCNC(Cc1ccc(-c2ncn(-c3ccc(OC(F)(F)F)cc3)n2)cc1)NC(=O)N=C1SCC(=O)N1c1ccccc1C(C)(C)C. The van der Waals surface area contributed by atoms with Crippen molar-refractivity contribution in [2.45, 2.75) is 52.1 Å². The molecule has 47 heavy (non-hydrogen) atoms. The highest BCUT2D eigenvalue weighted by atomic mass is 32.2. The van der Waals surface area contributed by atoms with E-state index >= 15 is 0 Å². The second kappa shape index (κ2) is 14.0. The fraction of sp³-hybridized carbons (Fsp3) is 0.303. The number of anilines is 1. The number of hydrogen-bond acceptors (Lipinski definition) is 7. The Kier molecular flexibility index (Phi) is 10.0. The summed E-state index contributed by atoms with van der Waals surface area (Å²) >= 11 is 1.23. The number of hydrogen-bond donors (Lipinski definition) is 2. The van der Waals surface area contributed by atoms with Gasteiger partial charge in [-0.2, -0.15) is 4.99 Å². The van der Waals surface area contributed by atoms with Crippen molar-refractivity contribution in [3.8, 4) is 22.8 Å². The molecule has 4 aromatic rings. The van der Waals surface area contributed by atoms with Crippen molar-refractivity contribution in [3.05, 3.63) is 90.3 Å². The van der Waals surface area contributed by atoms with Gasteiger partial charge in [0.05, 0.1) is 23.3 Å². The highest BCUT2D eigenvalue weighted by Crippen LogP contribution is 2.36. The van der Waals surface area contributed by atoms with E-state index in [9.17, 15) is 22.8 Å². The predicted molar refractivity (Wildman–Crippen MR) is 176 cm³/mol. The minimum atomic E-state index is -4.77. The number of nitrogens with zero attached hydrogens (tertiary/aromatic N) is 5. The summed E-state index contributed by atoms with van der Waals surface area (Å²) in [4.78, 5) is 36.2. The number of urea groups is 1. The van der Waals surface area contributed by atoms with Gasteiger partial charge in [0.15, 0.2) is 11.0 Å². The van der Waals surface area contributed by atoms with Gasteiger partial charge in [0, 0.05) is 12.0 Å². The van der Waals surface area contributed by atoms with Crippen LogP contribution in [0, 0.1) is 0 Å². The van der Waals surface area contributed by atoms with E-state index in [1.807, 2.05) is 55.5 Å². The highest BCUT2D eigenvalue weighted by Gasteiger charge is 2.34. The van der Waals surface area contributed by atoms with E-state index < -0.39 is 18.6 Å². The number of carbonyl (C=O) groups excluding carboxylic acids is 2. The number of nitrogens with one attached hydrogen (secondary N) is 2. The Labute approximate surface area is 274 Å². The van der Waals surface area contributed by atoms with E-state index in [0.29, 0.717) is 29.6 Å². The van der Waals surface area contributed by atoms with E-state index in [0.717, 1.165) is 22.4 Å². The Morgan fingerprint density at radius 2 is 1.74 bits per heavy atom. The molecule has 1 aromatic heterocycles. The molecule has 5 rings (SSSR count). The Morgan fingerprint density at radius 1 is 1.04 bits per heavy atom. The number of rotatable bonds is 9. The molecule has 0 aliphatic carbocycles. The van der Waals surface area contributed by atoms with Gasteiger partial charge in [0.1, 0.15) is 12.1 Å². The largest absolute Gasteiger partial charge is 0.573 e. The quantitative estimate of drug-likeness (QED) is 0.198. The van der Waals surface area contributed by atoms with Crippen LogP contribution in [-0.4, -0.2) is 56.7 Å². The molecule has 1 fully saturated rings. The average Bonchev–Trinajstić information content (AvgIpc) is 3.64. The maximum Gasteiger partial charge on any atom is 0.573 e. The number of amidine groups is 1. The third-order valence-electron chi connectivity index (χ3n) is 7.14. The Balaban J connectivity index is 1.25. The van der Waals surface area contributed by atoms with Gasteiger partial charge in [0.25, 0.3) is 0 Å². The van der Waals surface area contributed by atoms with Gasteiger partial charge in [-0.1, -0.05) is 81.9 Å². The van der Waals surface area contributed by atoms with Crippen LogP contribution in [-0.2, 0) is 16.6 Å². The van der Waals surface area contributed by atoms with E-state index in [-0.39, 0.29) is 22.8 Å². The number of thioether (sulfide) groups is 1. The van der Waals surface area contributed by atoms with E-state index in [1.165, 1.54) is 51.9 Å². The predicted octanol–water partition coefficient (Wildman–Crippen LogP) is 6.45. The summed E-state index contributed by atoms with van der Waals surface area (Å²) in [5.41, 5.74) is 3.66. The summed E-state index contributed by atoms with van der Waals surface area (Å²) in [6.45, 7) is 8.75. The van der Waals surface area contributed by atoms with Crippen molar-refractivity contribution < 1.29 is 27.5 Å². The molecule has 0 radical (unpaired) electrons. The van der Waals surface area contributed by atoms with Crippen molar-refractivity contribution in [3.63, 3.8) is 0 Å². The number of amides is 3. The first-order valence-corrected chi connectivity index (χ1v) is 15.8. The highest BCUT2D eigenvalue weighted by molar-refractivity contribution is 8.15. The number of aromatic nitrogens is 3. The number of benzene rings is 3. The van der Waals surface area contributed by atoms with Gasteiger partial charge in [0.2, 0.25) is 5.91 Å². The maximum absolute atomic E-state index is 13.1. The molecule has 3 aromatic carbocycles. The summed E-state index contributed by atoms with van der Waals surface area (Å²) in [6.07, 6.45) is -3.26. The zero-order valence-electron chi connectivity index (χ0n) is 26.2. The third-order valence-corrected chi connectivity index (χ3v) is 8.07. The molecule has 10 nitrogen and oxygen atoms in total. The zero-order chi connectivity index (χ0) is 33.8. The molecule has 14 heteroatoms. The monoisotopic (exact) mass is 665 g/mol. The minimum Gasteiger partial charge on any atom is -0.406 e. The van der Waals surface area contributed by atoms with Crippen LogP contribution in [0.3, 0.4) is 0 Å². The first-order chi connectivity index (χ1) is 22.3.